The standard InChI is InChI=1S/C20H29N3O2/c1-2-21-19(23-12-10-20(14-23)8-3-4-9-20)22-11-7-16-5-6-17-18(13-16)25-15-24-17/h5-6,13H,2-4,7-12,14-15H2,1H3,(H,21,22). The van der Waals surface area contributed by atoms with Crippen molar-refractivity contribution >= 4 is 5.96 Å². The van der Waals surface area contributed by atoms with Gasteiger partial charge in [-0.3, -0.25) is 4.99 Å². The van der Waals surface area contributed by atoms with Crippen molar-refractivity contribution in [3.63, 3.8) is 0 Å². The lowest BCUT2D eigenvalue weighted by Gasteiger charge is -2.26. The zero-order chi connectivity index (χ0) is 17.1. The number of nitrogens with zero attached hydrogens (tertiary/aromatic N) is 2. The molecule has 1 N–H and O–H groups in total. The predicted octanol–water partition coefficient (Wildman–Crippen LogP) is 3.19. The summed E-state index contributed by atoms with van der Waals surface area (Å²) in [7, 11) is 0. The highest BCUT2D eigenvalue weighted by atomic mass is 16.7. The average molecular weight is 343 g/mol. The zero-order valence-corrected chi connectivity index (χ0v) is 15.2. The number of likely N-dealkylation sites (tertiary alicyclic amines) is 1. The molecule has 1 aromatic carbocycles. The molecule has 0 unspecified atom stereocenters. The third-order valence-corrected chi connectivity index (χ3v) is 5.84. The molecule has 3 aliphatic rings. The predicted molar refractivity (Wildman–Crippen MR) is 99.3 cm³/mol. The minimum absolute atomic E-state index is 0.332. The van der Waals surface area contributed by atoms with Gasteiger partial charge in [0, 0.05) is 26.2 Å². The van der Waals surface area contributed by atoms with Gasteiger partial charge in [0.15, 0.2) is 17.5 Å². The molecule has 0 aromatic heterocycles. The van der Waals surface area contributed by atoms with Crippen LogP contribution in [0.3, 0.4) is 0 Å². The fourth-order valence-electron chi connectivity index (χ4n) is 4.46. The summed E-state index contributed by atoms with van der Waals surface area (Å²) in [6.07, 6.45) is 7.88. The van der Waals surface area contributed by atoms with E-state index >= 15 is 0 Å². The minimum Gasteiger partial charge on any atom is -0.454 e. The van der Waals surface area contributed by atoms with Crippen LogP contribution in [0.2, 0.25) is 0 Å². The van der Waals surface area contributed by atoms with Crippen LogP contribution in [0.15, 0.2) is 23.2 Å². The molecule has 5 nitrogen and oxygen atoms in total. The maximum absolute atomic E-state index is 5.46. The van der Waals surface area contributed by atoms with Crippen LogP contribution in [0.5, 0.6) is 11.5 Å². The topological polar surface area (TPSA) is 46.1 Å². The average Bonchev–Trinajstić information content (AvgIpc) is 3.36. The Morgan fingerprint density at radius 3 is 2.88 bits per heavy atom. The van der Waals surface area contributed by atoms with Crippen LogP contribution in [0.4, 0.5) is 0 Å². The molecule has 0 amide bonds. The van der Waals surface area contributed by atoms with Crippen LogP contribution in [0.1, 0.15) is 44.6 Å². The summed E-state index contributed by atoms with van der Waals surface area (Å²) in [5.74, 6) is 2.79. The first-order valence-corrected chi connectivity index (χ1v) is 9.70. The molecule has 1 spiro atoms. The Balaban J connectivity index is 1.37. The number of fused-ring (bicyclic) bond motifs is 1. The summed E-state index contributed by atoms with van der Waals surface area (Å²) in [4.78, 5) is 7.38. The SMILES string of the molecule is CCNC(=NCCc1ccc2c(c1)OCO2)N1CCC2(CCCC2)C1. The molecule has 1 saturated carbocycles. The van der Waals surface area contributed by atoms with Crippen molar-refractivity contribution in [2.24, 2.45) is 10.4 Å². The smallest absolute Gasteiger partial charge is 0.231 e. The van der Waals surface area contributed by atoms with Gasteiger partial charge >= 0.3 is 0 Å². The molecule has 1 aliphatic carbocycles. The van der Waals surface area contributed by atoms with E-state index in [4.69, 9.17) is 14.5 Å². The number of benzene rings is 1. The molecule has 2 heterocycles. The lowest BCUT2D eigenvalue weighted by atomic mass is 9.86. The van der Waals surface area contributed by atoms with E-state index in [9.17, 15) is 0 Å². The lowest BCUT2D eigenvalue weighted by Crippen LogP contribution is -2.41. The molecule has 0 atom stereocenters. The zero-order valence-electron chi connectivity index (χ0n) is 15.2. The van der Waals surface area contributed by atoms with E-state index in [2.05, 4.69) is 29.3 Å². The van der Waals surface area contributed by atoms with E-state index < -0.39 is 0 Å². The Morgan fingerprint density at radius 1 is 1.20 bits per heavy atom. The second kappa shape index (κ2) is 7.14. The molecule has 0 bridgehead atoms. The van der Waals surface area contributed by atoms with E-state index in [0.29, 0.717) is 12.2 Å². The summed E-state index contributed by atoms with van der Waals surface area (Å²) in [6.45, 7) is 6.53. The van der Waals surface area contributed by atoms with Gasteiger partial charge in [-0.05, 0) is 55.7 Å². The van der Waals surface area contributed by atoms with Gasteiger partial charge in [-0.1, -0.05) is 18.9 Å². The Labute approximate surface area is 150 Å². The van der Waals surface area contributed by atoms with Crippen LogP contribution in [-0.2, 0) is 6.42 Å². The Bertz CT molecular complexity index is 638. The van der Waals surface area contributed by atoms with E-state index in [1.165, 1.54) is 44.2 Å². The number of hydrogen-bond donors (Lipinski definition) is 1. The Kier molecular flexibility index (Phi) is 4.73. The van der Waals surface area contributed by atoms with E-state index in [1.807, 2.05) is 6.07 Å². The first-order chi connectivity index (χ1) is 12.3. The van der Waals surface area contributed by atoms with E-state index in [1.54, 1.807) is 0 Å². The van der Waals surface area contributed by atoms with Crippen LogP contribution >= 0.6 is 0 Å². The van der Waals surface area contributed by atoms with Gasteiger partial charge in [0.25, 0.3) is 0 Å². The maximum Gasteiger partial charge on any atom is 0.231 e. The number of ether oxygens (including phenoxy) is 2. The van der Waals surface area contributed by atoms with E-state index in [0.717, 1.165) is 43.5 Å². The number of rotatable bonds is 4. The number of aliphatic imine (C=N–C) groups is 1. The number of nitrogens with one attached hydrogen (secondary N) is 1. The van der Waals surface area contributed by atoms with Crippen molar-refractivity contribution in [2.75, 3.05) is 33.0 Å². The van der Waals surface area contributed by atoms with Crippen molar-refractivity contribution in [2.45, 2.75) is 45.4 Å². The number of hydrogen-bond acceptors (Lipinski definition) is 3. The quantitative estimate of drug-likeness (QED) is 0.674. The largest absolute Gasteiger partial charge is 0.454 e. The molecule has 5 heteroatoms. The van der Waals surface area contributed by atoms with Crippen LogP contribution < -0.4 is 14.8 Å². The summed E-state index contributed by atoms with van der Waals surface area (Å²) >= 11 is 0. The molecule has 1 aromatic rings. The molecule has 25 heavy (non-hydrogen) atoms. The van der Waals surface area contributed by atoms with Crippen LogP contribution in [-0.4, -0.2) is 43.8 Å². The van der Waals surface area contributed by atoms with Gasteiger partial charge in [-0.2, -0.15) is 0 Å². The maximum atomic E-state index is 5.46. The fourth-order valence-corrected chi connectivity index (χ4v) is 4.46. The first-order valence-electron chi connectivity index (χ1n) is 9.70. The minimum atomic E-state index is 0.332. The van der Waals surface area contributed by atoms with Gasteiger partial charge in [0.05, 0.1) is 0 Å². The molecular formula is C20H29N3O2. The molecule has 1 saturated heterocycles. The summed E-state index contributed by atoms with van der Waals surface area (Å²) in [6, 6.07) is 6.18. The van der Waals surface area contributed by atoms with Gasteiger partial charge < -0.3 is 19.7 Å². The Hall–Kier alpha value is -1.91. The van der Waals surface area contributed by atoms with E-state index in [-0.39, 0.29) is 0 Å². The van der Waals surface area contributed by atoms with Crippen molar-refractivity contribution in [3.05, 3.63) is 23.8 Å². The first kappa shape index (κ1) is 16.6. The molecular weight excluding hydrogens is 314 g/mol. The van der Waals surface area contributed by atoms with Crippen molar-refractivity contribution in [1.82, 2.24) is 10.2 Å². The monoisotopic (exact) mass is 343 g/mol. The van der Waals surface area contributed by atoms with Crippen molar-refractivity contribution in [3.8, 4) is 11.5 Å². The molecule has 2 fully saturated rings. The summed E-state index contributed by atoms with van der Waals surface area (Å²) in [5, 5.41) is 3.49. The molecule has 136 valence electrons. The highest BCUT2D eigenvalue weighted by Crippen LogP contribution is 2.45. The van der Waals surface area contributed by atoms with Gasteiger partial charge in [-0.25, -0.2) is 0 Å². The lowest BCUT2D eigenvalue weighted by molar-refractivity contribution is 0.174. The van der Waals surface area contributed by atoms with Crippen LogP contribution in [0, 0.1) is 5.41 Å². The molecule has 0 radical (unpaired) electrons. The molecule has 4 rings (SSSR count). The van der Waals surface area contributed by atoms with Crippen LogP contribution in [0.25, 0.3) is 0 Å². The Morgan fingerprint density at radius 2 is 2.04 bits per heavy atom. The number of guanidine groups is 1. The second-order valence-electron chi connectivity index (χ2n) is 7.55. The second-order valence-corrected chi connectivity index (χ2v) is 7.55. The molecule has 2 aliphatic heterocycles. The third kappa shape index (κ3) is 3.55. The summed E-state index contributed by atoms with van der Waals surface area (Å²) < 4.78 is 10.8. The fraction of sp³-hybridized carbons (Fsp3) is 0.650. The van der Waals surface area contributed by atoms with Gasteiger partial charge in [0.1, 0.15) is 0 Å². The summed E-state index contributed by atoms with van der Waals surface area (Å²) in [5.41, 5.74) is 1.82. The normalized spacial score (nSPS) is 21.3. The highest BCUT2D eigenvalue weighted by molar-refractivity contribution is 5.80. The third-order valence-electron chi connectivity index (χ3n) is 5.84. The van der Waals surface area contributed by atoms with Gasteiger partial charge in [0.2, 0.25) is 6.79 Å². The highest BCUT2D eigenvalue weighted by Gasteiger charge is 2.41. The van der Waals surface area contributed by atoms with Gasteiger partial charge in [-0.15, -0.1) is 0 Å². The van der Waals surface area contributed by atoms with Crippen molar-refractivity contribution in [1.29, 1.82) is 0 Å². The van der Waals surface area contributed by atoms with Crippen molar-refractivity contribution < 1.29 is 9.47 Å².